The molecule has 1 heterocycles. The summed E-state index contributed by atoms with van der Waals surface area (Å²) in [4.78, 5) is 25.1. The second kappa shape index (κ2) is 50.1. The maximum atomic E-state index is 13.0. The molecule has 1 amide bonds. The molecule has 0 aromatic rings. The molecule has 0 aromatic heterocycles. The van der Waals surface area contributed by atoms with Crippen LogP contribution < -0.4 is 5.32 Å². The summed E-state index contributed by atoms with van der Waals surface area (Å²) in [6.45, 7) is 4.26. The number of ether oxygens (including phenoxy) is 3. The van der Waals surface area contributed by atoms with E-state index >= 15 is 0 Å². The van der Waals surface area contributed by atoms with E-state index in [0.717, 1.165) is 77.0 Å². The fourth-order valence-corrected chi connectivity index (χ4v) is 9.23. The number of nitrogens with one attached hydrogen (secondary N) is 1. The highest BCUT2D eigenvalue weighted by atomic mass is 16.7. The van der Waals surface area contributed by atoms with Crippen LogP contribution in [0.3, 0.4) is 0 Å². The van der Waals surface area contributed by atoms with Crippen molar-refractivity contribution >= 4 is 11.9 Å². The van der Waals surface area contributed by atoms with Crippen molar-refractivity contribution in [3.63, 3.8) is 0 Å². The van der Waals surface area contributed by atoms with E-state index in [9.17, 15) is 35.1 Å². The average Bonchev–Trinajstić information content (AvgIpc) is 3.37. The van der Waals surface area contributed by atoms with Gasteiger partial charge in [0.2, 0.25) is 5.91 Å². The van der Waals surface area contributed by atoms with Crippen molar-refractivity contribution in [1.29, 1.82) is 0 Å². The zero-order valence-electron chi connectivity index (χ0n) is 45.7. The van der Waals surface area contributed by atoms with E-state index in [2.05, 4.69) is 43.5 Å². The minimum atomic E-state index is -1.57. The van der Waals surface area contributed by atoms with Crippen LogP contribution in [0.25, 0.3) is 0 Å². The molecule has 1 aliphatic heterocycles. The quantitative estimate of drug-likeness (QED) is 0.0195. The molecule has 11 heteroatoms. The van der Waals surface area contributed by atoms with Crippen LogP contribution in [-0.2, 0) is 23.8 Å². The van der Waals surface area contributed by atoms with E-state index in [1.807, 2.05) is 6.08 Å². The van der Waals surface area contributed by atoms with Crippen molar-refractivity contribution in [2.24, 2.45) is 0 Å². The number of unbranched alkanes of at least 4 members (excludes halogenated alkanes) is 33. The third-order valence-electron chi connectivity index (χ3n) is 14.0. The second-order valence-electron chi connectivity index (χ2n) is 20.7. The van der Waals surface area contributed by atoms with Gasteiger partial charge in [-0.3, -0.25) is 9.59 Å². The van der Waals surface area contributed by atoms with Gasteiger partial charge in [0.25, 0.3) is 0 Å². The normalized spacial score (nSPS) is 19.3. The molecule has 7 unspecified atom stereocenters. The summed E-state index contributed by atoms with van der Waals surface area (Å²) >= 11 is 0. The molecule has 7 atom stereocenters. The van der Waals surface area contributed by atoms with Crippen LogP contribution in [-0.4, -0.2) is 100 Å². The monoisotopic (exact) mass is 1010 g/mol. The number of esters is 1. The number of carbonyl (C=O) groups excluding carboxylic acids is 2. The third kappa shape index (κ3) is 39.9. The number of hydrogen-bond donors (Lipinski definition) is 6. The summed E-state index contributed by atoms with van der Waals surface area (Å²) in [5.74, 6) is -0.215. The van der Waals surface area contributed by atoms with Gasteiger partial charge in [-0.1, -0.05) is 230 Å². The lowest BCUT2D eigenvalue weighted by Crippen LogP contribution is -2.60. The first kappa shape index (κ1) is 66.9. The van der Waals surface area contributed by atoms with Gasteiger partial charge in [-0.25, -0.2) is 0 Å². The van der Waals surface area contributed by atoms with Crippen molar-refractivity contribution in [1.82, 2.24) is 5.32 Å². The van der Waals surface area contributed by atoms with Gasteiger partial charge in [0, 0.05) is 12.8 Å². The topological polar surface area (TPSA) is 175 Å². The van der Waals surface area contributed by atoms with Crippen molar-refractivity contribution in [2.45, 2.75) is 314 Å². The van der Waals surface area contributed by atoms with E-state index in [0.29, 0.717) is 19.4 Å². The Labute approximate surface area is 434 Å². The molecule has 1 aliphatic rings. The highest BCUT2D eigenvalue weighted by molar-refractivity contribution is 5.76. The van der Waals surface area contributed by atoms with Crippen molar-refractivity contribution in [3.8, 4) is 0 Å². The molecule has 71 heavy (non-hydrogen) atoms. The predicted molar refractivity (Wildman–Crippen MR) is 292 cm³/mol. The van der Waals surface area contributed by atoms with E-state index < -0.39 is 49.5 Å². The lowest BCUT2D eigenvalue weighted by Gasteiger charge is -2.40. The highest BCUT2D eigenvalue weighted by Crippen LogP contribution is 2.23. The number of aliphatic hydroxyl groups is 5. The summed E-state index contributed by atoms with van der Waals surface area (Å²) in [6.07, 6.45) is 51.0. The van der Waals surface area contributed by atoms with Crippen LogP contribution in [0, 0.1) is 0 Å². The smallest absolute Gasteiger partial charge is 0.305 e. The Kier molecular flexibility index (Phi) is 47.2. The number of amides is 1. The van der Waals surface area contributed by atoms with Gasteiger partial charge in [0.15, 0.2) is 6.29 Å². The fraction of sp³-hybridized carbons (Fsp3) is 0.867. The number of rotatable bonds is 51. The maximum Gasteiger partial charge on any atom is 0.305 e. The van der Waals surface area contributed by atoms with Gasteiger partial charge < -0.3 is 45.1 Å². The highest BCUT2D eigenvalue weighted by Gasteiger charge is 2.44. The van der Waals surface area contributed by atoms with E-state index in [1.165, 1.54) is 167 Å². The minimum absolute atomic E-state index is 0.0227. The van der Waals surface area contributed by atoms with Crippen molar-refractivity contribution in [2.75, 3.05) is 19.8 Å². The summed E-state index contributed by atoms with van der Waals surface area (Å²) < 4.78 is 16.7. The average molecular weight is 1010 g/mol. The second-order valence-corrected chi connectivity index (χ2v) is 20.7. The first-order chi connectivity index (χ1) is 34.7. The maximum absolute atomic E-state index is 13.0. The number of carbonyl (C=O) groups is 2. The Balaban J connectivity index is 2.02. The van der Waals surface area contributed by atoms with Crippen molar-refractivity contribution < 1.29 is 49.3 Å². The van der Waals surface area contributed by atoms with E-state index in [-0.39, 0.29) is 18.5 Å². The number of aliphatic hydroxyl groups excluding tert-OH is 5. The zero-order valence-corrected chi connectivity index (χ0v) is 45.7. The van der Waals surface area contributed by atoms with Crippen LogP contribution in [0.1, 0.15) is 271 Å². The van der Waals surface area contributed by atoms with Gasteiger partial charge in [0.1, 0.15) is 24.4 Å². The number of hydrogen-bond acceptors (Lipinski definition) is 10. The largest absolute Gasteiger partial charge is 0.466 e. The lowest BCUT2D eigenvalue weighted by atomic mass is 9.99. The molecule has 0 spiro atoms. The molecule has 1 saturated heterocycles. The first-order valence-electron chi connectivity index (χ1n) is 29.8. The molecule has 0 bridgehead atoms. The molecule has 0 aliphatic carbocycles. The summed E-state index contributed by atoms with van der Waals surface area (Å²) in [5, 5.41) is 54.2. The Hall–Kier alpha value is -2.12. The van der Waals surface area contributed by atoms with E-state index in [4.69, 9.17) is 14.2 Å². The number of allylic oxidation sites excluding steroid dienone is 5. The van der Waals surface area contributed by atoms with Crippen LogP contribution >= 0.6 is 0 Å². The summed E-state index contributed by atoms with van der Waals surface area (Å²) in [6, 6.07) is -0.815. The molecule has 1 rings (SSSR count). The van der Waals surface area contributed by atoms with Gasteiger partial charge in [-0.05, 0) is 64.2 Å². The summed E-state index contributed by atoms with van der Waals surface area (Å²) in [7, 11) is 0. The Morgan fingerprint density at radius 3 is 1.45 bits per heavy atom. The fourth-order valence-electron chi connectivity index (χ4n) is 9.23. The van der Waals surface area contributed by atoms with Gasteiger partial charge in [0.05, 0.1) is 32.0 Å². The minimum Gasteiger partial charge on any atom is -0.466 e. The summed E-state index contributed by atoms with van der Waals surface area (Å²) in [5.41, 5.74) is 0. The Morgan fingerprint density at radius 1 is 0.521 bits per heavy atom. The Bertz CT molecular complexity index is 1280. The van der Waals surface area contributed by atoms with Crippen molar-refractivity contribution in [3.05, 3.63) is 36.5 Å². The first-order valence-corrected chi connectivity index (χ1v) is 29.8. The molecular weight excluding hydrogens is 895 g/mol. The standard InChI is InChI=1S/C60H111NO10/c1-3-5-7-9-11-13-14-15-16-17-18-19-22-25-28-32-36-40-44-48-56(65)69-49-45-41-37-33-29-26-23-20-21-24-27-31-35-39-43-47-55(64)61-52(53(63)46-42-38-34-30-12-10-8-6-4-2)51-70-60-59(68)58(67)57(66)54(50-62)71-60/h11,13,15-16,42,46,52-54,57-60,62-63,66-68H,3-10,12,14,17-41,43-45,47-51H2,1-2H3,(H,61,64)/b13-11-,16-15-,46-42+. The lowest BCUT2D eigenvalue weighted by molar-refractivity contribution is -0.302. The molecule has 11 nitrogen and oxygen atoms in total. The van der Waals surface area contributed by atoms with Gasteiger partial charge in [-0.15, -0.1) is 0 Å². The SMILES string of the molecule is CCCCC/C=C\C/C=C\CCCCCCCCCCCC(=O)OCCCCCCCCCCCCCCCCCC(=O)NC(COC1OC(CO)C(O)C(O)C1O)C(O)/C=C/CCCCCCCCC. The van der Waals surface area contributed by atoms with Crippen LogP contribution in [0.2, 0.25) is 0 Å². The van der Waals surface area contributed by atoms with Crippen LogP contribution in [0.5, 0.6) is 0 Å². The molecule has 416 valence electrons. The zero-order chi connectivity index (χ0) is 51.7. The van der Waals surface area contributed by atoms with Gasteiger partial charge in [-0.2, -0.15) is 0 Å². The molecule has 0 radical (unpaired) electrons. The molecule has 6 N–H and O–H groups in total. The predicted octanol–water partition coefficient (Wildman–Crippen LogP) is 13.5. The molecule has 0 aromatic carbocycles. The van der Waals surface area contributed by atoms with E-state index in [1.54, 1.807) is 6.08 Å². The van der Waals surface area contributed by atoms with Crippen LogP contribution in [0.4, 0.5) is 0 Å². The third-order valence-corrected chi connectivity index (χ3v) is 14.0. The van der Waals surface area contributed by atoms with Gasteiger partial charge >= 0.3 is 5.97 Å². The molecular formula is C60H111NO10. The molecule has 0 saturated carbocycles. The molecule has 1 fully saturated rings. The Morgan fingerprint density at radius 2 is 0.944 bits per heavy atom. The van der Waals surface area contributed by atoms with Crippen LogP contribution in [0.15, 0.2) is 36.5 Å².